The summed E-state index contributed by atoms with van der Waals surface area (Å²) in [5.74, 6) is 0. The normalized spacial score (nSPS) is 15.9. The number of halogens is 2. The molecule has 44 heavy (non-hydrogen) atoms. The summed E-state index contributed by atoms with van der Waals surface area (Å²) in [7, 11) is 17.5. The zero-order chi connectivity index (χ0) is 30.1. The van der Waals surface area contributed by atoms with Crippen molar-refractivity contribution in [1.29, 1.82) is 0 Å². The maximum atomic E-state index is 8.74. The Morgan fingerprint density at radius 2 is 1.05 bits per heavy atom. The Morgan fingerprint density at radius 1 is 0.523 bits per heavy atom. The standard InChI is InChI=1S/C20H15.C13H9.C7H8Si.2ClH.Zr/c1-14-12-16-8-5-11-19(20(16)13-14)18-10-4-7-15-6-2-3-9-17(15)18;1-3-7-12-10(5-1)9-11-6-2-4-8-13(11)12;1-8-7-5-3-2-4-6-7;;;/h2-13H,1H3;1-9H;2-6H,1H3;2*1H;/q;;;;;+2/p-2. The molecule has 0 aromatic heterocycles. The fourth-order valence-electron chi connectivity index (χ4n) is 8.24. The van der Waals surface area contributed by atoms with Crippen LogP contribution in [-0.2, 0) is 15.0 Å². The van der Waals surface area contributed by atoms with Crippen molar-refractivity contribution >= 4 is 44.5 Å². The van der Waals surface area contributed by atoms with Crippen LogP contribution in [0.4, 0.5) is 0 Å². The molecule has 0 radical (unpaired) electrons. The molecule has 0 nitrogen and oxygen atoms in total. The summed E-state index contributed by atoms with van der Waals surface area (Å²) in [6, 6.07) is 50.7. The van der Waals surface area contributed by atoms with E-state index < -0.39 is 20.4 Å². The third-order valence-corrected chi connectivity index (χ3v) is 52.8. The van der Waals surface area contributed by atoms with Crippen LogP contribution < -0.4 is 5.19 Å². The number of fused-ring (bicyclic) bond motifs is 5. The zero-order valence-corrected chi connectivity index (χ0v) is 29.7. The Morgan fingerprint density at radius 3 is 1.77 bits per heavy atom. The first-order valence-electron chi connectivity index (χ1n) is 15.3. The quantitative estimate of drug-likeness (QED) is 0.160. The van der Waals surface area contributed by atoms with Gasteiger partial charge < -0.3 is 0 Å². The van der Waals surface area contributed by atoms with E-state index in [1.54, 1.807) is 0 Å². The Balaban J connectivity index is 1.46. The first-order valence-corrected chi connectivity index (χ1v) is 30.2. The van der Waals surface area contributed by atoms with Crippen LogP contribution in [0.2, 0.25) is 6.55 Å². The van der Waals surface area contributed by atoms with Crippen LogP contribution in [0.5, 0.6) is 0 Å². The fourth-order valence-corrected chi connectivity index (χ4v) is 45.4. The van der Waals surface area contributed by atoms with E-state index in [-0.39, 0.29) is 7.25 Å². The molecule has 0 fully saturated rings. The Kier molecular flexibility index (Phi) is 6.82. The topological polar surface area (TPSA) is 0 Å². The van der Waals surface area contributed by atoms with Crippen molar-refractivity contribution in [1.82, 2.24) is 0 Å². The van der Waals surface area contributed by atoms with E-state index in [4.69, 9.17) is 17.0 Å². The van der Waals surface area contributed by atoms with Gasteiger partial charge in [0.05, 0.1) is 0 Å². The van der Waals surface area contributed by atoms with Crippen molar-refractivity contribution in [2.75, 3.05) is 0 Å². The van der Waals surface area contributed by atoms with E-state index in [0.717, 1.165) is 0 Å². The van der Waals surface area contributed by atoms with Gasteiger partial charge in [-0.1, -0.05) is 0 Å². The molecule has 4 heteroatoms. The van der Waals surface area contributed by atoms with Crippen molar-refractivity contribution in [2.24, 2.45) is 0 Å². The van der Waals surface area contributed by atoms with Gasteiger partial charge in [0.1, 0.15) is 0 Å². The van der Waals surface area contributed by atoms with E-state index >= 15 is 0 Å². The van der Waals surface area contributed by atoms with Gasteiger partial charge in [0.2, 0.25) is 0 Å². The molecule has 0 aliphatic heterocycles. The van der Waals surface area contributed by atoms with Crippen LogP contribution in [-0.4, -0.2) is 5.43 Å². The summed E-state index contributed by atoms with van der Waals surface area (Å²) in [6.45, 7) is 4.69. The fraction of sp³-hybridized carbons (Fsp3) is 0.100. The van der Waals surface area contributed by atoms with Gasteiger partial charge in [-0.25, -0.2) is 0 Å². The van der Waals surface area contributed by atoms with E-state index in [9.17, 15) is 0 Å². The Hall–Kier alpha value is -3.00. The van der Waals surface area contributed by atoms with Crippen molar-refractivity contribution < 1.29 is 15.0 Å². The van der Waals surface area contributed by atoms with Crippen LogP contribution in [0, 0.1) is 0 Å². The molecule has 0 heterocycles. The van der Waals surface area contributed by atoms with E-state index in [1.165, 1.54) is 66.0 Å². The minimum absolute atomic E-state index is 0.00647. The van der Waals surface area contributed by atoms with Gasteiger partial charge in [0.15, 0.2) is 0 Å². The third-order valence-electron chi connectivity index (χ3n) is 10.2. The summed E-state index contributed by atoms with van der Waals surface area (Å²) in [5, 5.41) is 3.84. The summed E-state index contributed by atoms with van der Waals surface area (Å²) >= 11 is -5.09. The maximum absolute atomic E-state index is 8.74. The first kappa shape index (κ1) is 28.5. The molecule has 0 saturated heterocycles. The van der Waals surface area contributed by atoms with Gasteiger partial charge in [0, 0.05) is 0 Å². The van der Waals surface area contributed by atoms with E-state index in [2.05, 4.69) is 159 Å². The number of rotatable bonds is 4. The van der Waals surface area contributed by atoms with E-state index in [1.807, 2.05) is 0 Å². The predicted octanol–water partition coefficient (Wildman–Crippen LogP) is 11.3. The van der Waals surface area contributed by atoms with E-state index in [0.29, 0.717) is 0 Å². The molecule has 2 aliphatic carbocycles. The molecule has 0 saturated carbocycles. The van der Waals surface area contributed by atoms with Gasteiger partial charge in [-0.2, -0.15) is 0 Å². The molecular formula is C40H32Cl2SiZr. The summed E-state index contributed by atoms with van der Waals surface area (Å²) < 4.78 is -0.0141. The number of benzene rings is 6. The molecule has 0 spiro atoms. The number of allylic oxidation sites excluding steroid dienone is 1. The van der Waals surface area contributed by atoms with Gasteiger partial charge in [-0.15, -0.1) is 0 Å². The van der Waals surface area contributed by atoms with Crippen molar-refractivity contribution in [3.05, 3.63) is 167 Å². The monoisotopic (exact) mass is 700 g/mol. The van der Waals surface area contributed by atoms with Crippen LogP contribution in [0.1, 0.15) is 36.4 Å². The molecular weight excluding hydrogens is 671 g/mol. The number of hydrogen-bond acceptors (Lipinski definition) is 0. The molecule has 2 aliphatic rings. The molecule has 0 bridgehead atoms. The molecule has 1 unspecified atom stereocenters. The average Bonchev–Trinajstić information content (AvgIpc) is 3.60. The molecule has 214 valence electrons. The van der Waals surface area contributed by atoms with Crippen molar-refractivity contribution in [3.8, 4) is 22.3 Å². The Labute approximate surface area is 267 Å². The molecule has 6 aromatic rings. The van der Waals surface area contributed by atoms with Crippen molar-refractivity contribution in [3.63, 3.8) is 0 Å². The van der Waals surface area contributed by atoms with Gasteiger partial charge >= 0.3 is 270 Å². The molecule has 0 amide bonds. The predicted molar refractivity (Wildman–Crippen MR) is 189 cm³/mol. The second-order valence-electron chi connectivity index (χ2n) is 12.4. The van der Waals surface area contributed by atoms with Gasteiger partial charge in [0.25, 0.3) is 0 Å². The second-order valence-corrected chi connectivity index (χ2v) is 49.2. The van der Waals surface area contributed by atoms with Crippen molar-refractivity contribution in [2.45, 2.75) is 20.7 Å². The summed E-state index contributed by atoms with van der Waals surface area (Å²) in [5.41, 5.74) is 10.1. The van der Waals surface area contributed by atoms with Gasteiger partial charge in [-0.05, 0) is 0 Å². The SMILES string of the molecule is CC1=Cc2c(-c3cccc4ccccc34)cccc2[CH]1[Zr]([Cl])([Cl])([CH]1c2ccccc2-c2ccccc21)=[Si](C)c1ccccc1. The molecule has 8 rings (SSSR count). The third kappa shape index (κ3) is 4.04. The molecule has 6 aromatic carbocycles. The van der Waals surface area contributed by atoms with Crippen LogP contribution in [0.3, 0.4) is 0 Å². The van der Waals surface area contributed by atoms with Gasteiger partial charge in [-0.3, -0.25) is 0 Å². The second kappa shape index (κ2) is 10.5. The zero-order valence-electron chi connectivity index (χ0n) is 24.8. The molecule has 1 atom stereocenters. The average molecular weight is 703 g/mol. The number of hydrogen-bond donors (Lipinski definition) is 0. The Bertz CT molecular complexity index is 2170. The van der Waals surface area contributed by atoms with Crippen LogP contribution in [0.15, 0.2) is 145 Å². The minimum atomic E-state index is -5.09. The first-order chi connectivity index (χ1) is 21.4. The van der Waals surface area contributed by atoms with Crippen LogP contribution in [0.25, 0.3) is 39.1 Å². The van der Waals surface area contributed by atoms with Crippen LogP contribution >= 0.6 is 17.0 Å². The molecule has 0 N–H and O–H groups in total. The summed E-state index contributed by atoms with van der Waals surface area (Å²) in [4.78, 5) is 0. The summed E-state index contributed by atoms with van der Waals surface area (Å²) in [6.07, 6.45) is 2.40.